The number of rotatable bonds is 7. The van der Waals surface area contributed by atoms with Crippen LogP contribution in [0.5, 0.6) is 0 Å². The van der Waals surface area contributed by atoms with E-state index in [0.29, 0.717) is 5.92 Å². The SMILES string of the molecule is CCn1c(S[C@@H](C)C(=O)N[C@@H](C)c2ccc(F)cc2)nnc1C1CC1. The van der Waals surface area contributed by atoms with Gasteiger partial charge in [-0.25, -0.2) is 4.39 Å². The number of hydrogen-bond donors (Lipinski definition) is 1. The summed E-state index contributed by atoms with van der Waals surface area (Å²) in [5, 5.41) is 12.1. The number of aromatic nitrogens is 3. The molecule has 1 saturated carbocycles. The van der Waals surface area contributed by atoms with E-state index in [4.69, 9.17) is 0 Å². The number of halogens is 1. The number of benzene rings is 1. The van der Waals surface area contributed by atoms with Crippen LogP contribution < -0.4 is 5.32 Å². The van der Waals surface area contributed by atoms with Gasteiger partial charge in [-0.3, -0.25) is 4.79 Å². The largest absolute Gasteiger partial charge is 0.349 e. The Morgan fingerprint density at radius 1 is 1.32 bits per heavy atom. The lowest BCUT2D eigenvalue weighted by atomic mass is 10.1. The van der Waals surface area contributed by atoms with Crippen LogP contribution >= 0.6 is 11.8 Å². The maximum atomic E-state index is 13.0. The van der Waals surface area contributed by atoms with Crippen LogP contribution in [-0.2, 0) is 11.3 Å². The van der Waals surface area contributed by atoms with Crippen molar-refractivity contribution in [3.05, 3.63) is 41.5 Å². The highest BCUT2D eigenvalue weighted by Gasteiger charge is 2.30. The highest BCUT2D eigenvalue weighted by molar-refractivity contribution is 8.00. The molecule has 3 rings (SSSR count). The van der Waals surface area contributed by atoms with Gasteiger partial charge in [-0.1, -0.05) is 23.9 Å². The van der Waals surface area contributed by atoms with Crippen LogP contribution in [0.15, 0.2) is 29.4 Å². The molecule has 1 aliphatic carbocycles. The third kappa shape index (κ3) is 4.21. The van der Waals surface area contributed by atoms with Crippen molar-refractivity contribution in [1.82, 2.24) is 20.1 Å². The molecule has 134 valence electrons. The van der Waals surface area contributed by atoms with Crippen LogP contribution in [0.2, 0.25) is 0 Å². The second kappa shape index (κ2) is 7.56. The summed E-state index contributed by atoms with van der Waals surface area (Å²) in [6.45, 7) is 6.63. The molecular formula is C18H23FN4OS. The summed E-state index contributed by atoms with van der Waals surface area (Å²) in [4.78, 5) is 12.5. The van der Waals surface area contributed by atoms with Crippen molar-refractivity contribution in [3.8, 4) is 0 Å². The molecule has 0 aliphatic heterocycles. The lowest BCUT2D eigenvalue weighted by Gasteiger charge is -2.17. The van der Waals surface area contributed by atoms with Crippen molar-refractivity contribution < 1.29 is 9.18 Å². The number of nitrogens with one attached hydrogen (secondary N) is 1. The first kappa shape index (κ1) is 17.9. The average Bonchev–Trinajstić information content (AvgIpc) is 3.36. The van der Waals surface area contributed by atoms with E-state index in [1.54, 1.807) is 12.1 Å². The molecule has 1 N–H and O–H groups in total. The lowest BCUT2D eigenvalue weighted by molar-refractivity contribution is -0.120. The van der Waals surface area contributed by atoms with Gasteiger partial charge < -0.3 is 9.88 Å². The summed E-state index contributed by atoms with van der Waals surface area (Å²) in [5.74, 6) is 1.22. The summed E-state index contributed by atoms with van der Waals surface area (Å²) in [7, 11) is 0. The molecule has 0 bridgehead atoms. The van der Waals surface area contributed by atoms with E-state index in [2.05, 4.69) is 27.0 Å². The van der Waals surface area contributed by atoms with Gasteiger partial charge in [-0.05, 0) is 51.3 Å². The van der Waals surface area contributed by atoms with Gasteiger partial charge in [0.15, 0.2) is 5.16 Å². The van der Waals surface area contributed by atoms with Gasteiger partial charge in [0.05, 0.1) is 11.3 Å². The number of amides is 1. The van der Waals surface area contributed by atoms with Crippen LogP contribution in [0, 0.1) is 5.82 Å². The predicted molar refractivity (Wildman–Crippen MR) is 95.9 cm³/mol. The van der Waals surface area contributed by atoms with Crippen LogP contribution in [-0.4, -0.2) is 25.9 Å². The van der Waals surface area contributed by atoms with Gasteiger partial charge >= 0.3 is 0 Å². The maximum Gasteiger partial charge on any atom is 0.233 e. The van der Waals surface area contributed by atoms with Crippen molar-refractivity contribution in [1.29, 1.82) is 0 Å². The van der Waals surface area contributed by atoms with E-state index in [0.717, 1.165) is 23.1 Å². The molecule has 7 heteroatoms. The van der Waals surface area contributed by atoms with Crippen LogP contribution in [0.1, 0.15) is 57.0 Å². The van der Waals surface area contributed by atoms with Gasteiger partial charge in [0.2, 0.25) is 5.91 Å². The Labute approximate surface area is 151 Å². The molecule has 0 unspecified atom stereocenters. The molecular weight excluding hydrogens is 339 g/mol. The van der Waals surface area contributed by atoms with Crippen molar-refractivity contribution >= 4 is 17.7 Å². The summed E-state index contributed by atoms with van der Waals surface area (Å²) in [5.41, 5.74) is 0.875. The first-order valence-electron chi connectivity index (χ1n) is 8.65. The third-order valence-electron chi connectivity index (χ3n) is 4.38. The first-order valence-corrected chi connectivity index (χ1v) is 9.53. The topological polar surface area (TPSA) is 59.8 Å². The second-order valence-electron chi connectivity index (χ2n) is 6.40. The molecule has 1 aromatic carbocycles. The molecule has 2 atom stereocenters. The van der Waals surface area contributed by atoms with Crippen molar-refractivity contribution in [2.24, 2.45) is 0 Å². The van der Waals surface area contributed by atoms with Gasteiger partial charge in [0.25, 0.3) is 0 Å². The molecule has 1 fully saturated rings. The van der Waals surface area contributed by atoms with Gasteiger partial charge in [0, 0.05) is 12.5 Å². The van der Waals surface area contributed by atoms with E-state index in [9.17, 15) is 9.18 Å². The number of hydrogen-bond acceptors (Lipinski definition) is 4. The summed E-state index contributed by atoms with van der Waals surface area (Å²) < 4.78 is 15.1. The lowest BCUT2D eigenvalue weighted by Crippen LogP contribution is -2.33. The zero-order chi connectivity index (χ0) is 18.0. The molecule has 0 radical (unpaired) electrons. The molecule has 1 aromatic heterocycles. The average molecular weight is 362 g/mol. The van der Waals surface area contributed by atoms with E-state index >= 15 is 0 Å². The molecule has 2 aromatic rings. The van der Waals surface area contributed by atoms with Crippen LogP contribution in [0.3, 0.4) is 0 Å². The normalized spacial score (nSPS) is 16.5. The minimum Gasteiger partial charge on any atom is -0.349 e. The summed E-state index contributed by atoms with van der Waals surface area (Å²) in [6, 6.07) is 6.00. The Bertz CT molecular complexity index is 742. The predicted octanol–water partition coefficient (Wildman–Crippen LogP) is 3.67. The van der Waals surface area contributed by atoms with E-state index in [-0.39, 0.29) is 23.0 Å². The molecule has 5 nitrogen and oxygen atoms in total. The van der Waals surface area contributed by atoms with Gasteiger partial charge in [-0.2, -0.15) is 0 Å². The van der Waals surface area contributed by atoms with E-state index < -0.39 is 0 Å². The van der Waals surface area contributed by atoms with Gasteiger partial charge in [0.1, 0.15) is 11.6 Å². The summed E-state index contributed by atoms with van der Waals surface area (Å²) >= 11 is 1.43. The molecule has 1 amide bonds. The molecule has 25 heavy (non-hydrogen) atoms. The monoisotopic (exact) mass is 362 g/mol. The highest BCUT2D eigenvalue weighted by atomic mass is 32.2. The Balaban J connectivity index is 1.61. The first-order chi connectivity index (χ1) is 12.0. The zero-order valence-corrected chi connectivity index (χ0v) is 15.5. The van der Waals surface area contributed by atoms with Crippen molar-refractivity contribution in [3.63, 3.8) is 0 Å². The minimum absolute atomic E-state index is 0.0690. The summed E-state index contributed by atoms with van der Waals surface area (Å²) in [6.07, 6.45) is 2.35. The fraction of sp³-hybridized carbons (Fsp3) is 0.500. The Hall–Kier alpha value is -1.89. The maximum absolute atomic E-state index is 13.0. The number of nitrogens with zero attached hydrogens (tertiary/aromatic N) is 3. The van der Waals surface area contributed by atoms with Gasteiger partial charge in [-0.15, -0.1) is 10.2 Å². The third-order valence-corrected chi connectivity index (χ3v) is 5.46. The van der Waals surface area contributed by atoms with Crippen LogP contribution in [0.25, 0.3) is 0 Å². The van der Waals surface area contributed by atoms with Crippen molar-refractivity contribution in [2.75, 3.05) is 0 Å². The van der Waals surface area contributed by atoms with Crippen molar-refractivity contribution in [2.45, 2.75) is 62.5 Å². The fourth-order valence-electron chi connectivity index (χ4n) is 2.71. The van der Waals surface area contributed by atoms with E-state index in [1.165, 1.54) is 36.7 Å². The smallest absolute Gasteiger partial charge is 0.233 e. The Morgan fingerprint density at radius 3 is 2.60 bits per heavy atom. The standard InChI is InChI=1S/C18H23FN4OS/c1-4-23-16(14-5-6-14)21-22-18(23)25-12(3)17(24)20-11(2)13-7-9-15(19)10-8-13/h7-12,14H,4-6H2,1-3H3,(H,20,24)/t11-,12-/m0/s1. The quantitative estimate of drug-likeness (QED) is 0.764. The number of carbonyl (C=O) groups excluding carboxylic acids is 1. The molecule has 1 heterocycles. The second-order valence-corrected chi connectivity index (χ2v) is 7.71. The molecule has 0 spiro atoms. The Morgan fingerprint density at radius 2 is 2.00 bits per heavy atom. The van der Waals surface area contributed by atoms with E-state index in [1.807, 2.05) is 13.8 Å². The molecule has 1 aliphatic rings. The minimum atomic E-state index is -0.288. The van der Waals surface area contributed by atoms with Crippen LogP contribution in [0.4, 0.5) is 4.39 Å². The number of thioether (sulfide) groups is 1. The Kier molecular flexibility index (Phi) is 5.42. The highest BCUT2D eigenvalue weighted by Crippen LogP contribution is 2.40. The fourth-order valence-corrected chi connectivity index (χ4v) is 3.63. The number of carbonyl (C=O) groups is 1. The zero-order valence-electron chi connectivity index (χ0n) is 14.7. The molecule has 0 saturated heterocycles.